The van der Waals surface area contributed by atoms with E-state index in [1.54, 1.807) is 6.07 Å². The predicted molar refractivity (Wildman–Crippen MR) is 107 cm³/mol. The number of carbonyl (C=O) groups excluding carboxylic acids is 2. The Balaban J connectivity index is 1.70. The van der Waals surface area contributed by atoms with Crippen LogP contribution >= 0.6 is 11.8 Å². The number of aromatic amines is 1. The Morgan fingerprint density at radius 2 is 2.04 bits per heavy atom. The highest BCUT2D eigenvalue weighted by molar-refractivity contribution is 7.99. The third-order valence-electron chi connectivity index (χ3n) is 4.68. The Kier molecular flexibility index (Phi) is 6.21. The number of nitrogens with one attached hydrogen (secondary N) is 1. The number of amides is 2. The molecule has 0 aliphatic carbocycles. The van der Waals surface area contributed by atoms with Crippen molar-refractivity contribution in [2.24, 2.45) is 5.73 Å². The Labute approximate surface area is 163 Å². The first-order valence-corrected chi connectivity index (χ1v) is 10.2. The summed E-state index contributed by atoms with van der Waals surface area (Å²) in [5.74, 6) is -0.468. The molecule has 1 aliphatic rings. The number of H-pyrrole nitrogens is 1. The Hall–Kier alpha value is -2.28. The molecular weight excluding hydrogens is 360 g/mol. The van der Waals surface area contributed by atoms with E-state index in [2.05, 4.69) is 36.2 Å². The van der Waals surface area contributed by atoms with E-state index in [1.165, 1.54) is 4.90 Å². The molecule has 3 N–H and O–H groups in total. The average molecular weight is 387 g/mol. The minimum Gasteiger partial charge on any atom is -0.364 e. The van der Waals surface area contributed by atoms with Gasteiger partial charge >= 0.3 is 0 Å². The zero-order valence-corrected chi connectivity index (χ0v) is 16.6. The van der Waals surface area contributed by atoms with Gasteiger partial charge in [-0.1, -0.05) is 26.0 Å². The van der Waals surface area contributed by atoms with Gasteiger partial charge in [-0.3, -0.25) is 14.7 Å². The Morgan fingerprint density at radius 3 is 2.67 bits per heavy atom. The van der Waals surface area contributed by atoms with Crippen molar-refractivity contribution in [2.45, 2.75) is 55.7 Å². The quantitative estimate of drug-likeness (QED) is 0.745. The van der Waals surface area contributed by atoms with E-state index < -0.39 is 5.91 Å². The molecular formula is C20H26N4O2S. The molecule has 0 saturated carbocycles. The van der Waals surface area contributed by atoms with Crippen LogP contribution in [-0.4, -0.2) is 38.7 Å². The number of nitrogens with two attached hydrogens (primary N) is 1. The van der Waals surface area contributed by atoms with Gasteiger partial charge in [0.1, 0.15) is 5.69 Å². The summed E-state index contributed by atoms with van der Waals surface area (Å²) in [4.78, 5) is 27.4. The van der Waals surface area contributed by atoms with E-state index in [0.29, 0.717) is 11.7 Å². The molecule has 144 valence electrons. The van der Waals surface area contributed by atoms with Crippen LogP contribution in [0.25, 0.3) is 0 Å². The lowest BCUT2D eigenvalue weighted by Gasteiger charge is -2.35. The number of hydrogen-bond donors (Lipinski definition) is 2. The molecule has 2 aromatic rings. The average Bonchev–Trinajstić information content (AvgIpc) is 3.13. The van der Waals surface area contributed by atoms with E-state index in [4.69, 9.17) is 5.73 Å². The molecule has 1 fully saturated rings. The van der Waals surface area contributed by atoms with E-state index in [-0.39, 0.29) is 17.6 Å². The van der Waals surface area contributed by atoms with Gasteiger partial charge in [0, 0.05) is 16.7 Å². The number of nitrogens with zero attached hydrogens (tertiary/aromatic N) is 2. The summed E-state index contributed by atoms with van der Waals surface area (Å²) in [5.41, 5.74) is 7.29. The highest BCUT2D eigenvalue weighted by Crippen LogP contribution is 2.31. The van der Waals surface area contributed by atoms with Gasteiger partial charge in [0.15, 0.2) is 0 Å². The molecule has 3 rings (SSSR count). The first-order chi connectivity index (χ1) is 12.9. The molecule has 6 nitrogen and oxygen atoms in total. The van der Waals surface area contributed by atoms with Crippen LogP contribution in [0.15, 0.2) is 35.2 Å². The number of carbonyl (C=O) groups is 2. The number of piperidine rings is 1. The first kappa shape index (κ1) is 19.5. The fourth-order valence-corrected chi connectivity index (χ4v) is 4.26. The van der Waals surface area contributed by atoms with Gasteiger partial charge in [0.25, 0.3) is 5.91 Å². The maximum atomic E-state index is 12.9. The molecule has 0 spiro atoms. The number of rotatable bonds is 6. The van der Waals surface area contributed by atoms with Gasteiger partial charge in [-0.15, -0.1) is 11.8 Å². The fraction of sp³-hybridized carbons (Fsp3) is 0.450. The van der Waals surface area contributed by atoms with E-state index in [9.17, 15) is 9.59 Å². The minimum atomic E-state index is -0.564. The van der Waals surface area contributed by atoms with Crippen molar-refractivity contribution in [2.75, 3.05) is 6.54 Å². The monoisotopic (exact) mass is 386 g/mol. The third kappa shape index (κ3) is 4.91. The number of thioether (sulfide) groups is 1. The highest BCUT2D eigenvalue weighted by Gasteiger charge is 2.29. The topological polar surface area (TPSA) is 92.1 Å². The lowest BCUT2D eigenvalue weighted by atomic mass is 9.98. The van der Waals surface area contributed by atoms with Gasteiger partial charge in [-0.2, -0.15) is 5.10 Å². The number of benzene rings is 1. The second-order valence-corrected chi connectivity index (χ2v) is 8.81. The van der Waals surface area contributed by atoms with Crippen LogP contribution in [0.3, 0.4) is 0 Å². The summed E-state index contributed by atoms with van der Waals surface area (Å²) in [5, 5.41) is 7.38. The van der Waals surface area contributed by atoms with Crippen LogP contribution < -0.4 is 5.73 Å². The molecule has 7 heteroatoms. The second-order valence-electron chi connectivity index (χ2n) is 7.16. The van der Waals surface area contributed by atoms with Gasteiger partial charge in [-0.25, -0.2) is 0 Å². The molecule has 0 bridgehead atoms. The van der Waals surface area contributed by atoms with Crippen molar-refractivity contribution in [3.05, 3.63) is 47.3 Å². The molecule has 1 saturated heterocycles. The maximum absolute atomic E-state index is 12.9. The molecule has 27 heavy (non-hydrogen) atoms. The summed E-state index contributed by atoms with van der Waals surface area (Å²) < 4.78 is 0. The molecule has 0 radical (unpaired) electrons. The van der Waals surface area contributed by atoms with Crippen LogP contribution in [0.4, 0.5) is 0 Å². The Bertz CT molecular complexity index is 801. The van der Waals surface area contributed by atoms with Crippen molar-refractivity contribution in [3.8, 4) is 0 Å². The predicted octanol–water partition coefficient (Wildman–Crippen LogP) is 3.31. The molecule has 1 aromatic carbocycles. The summed E-state index contributed by atoms with van der Waals surface area (Å²) >= 11 is 1.81. The van der Waals surface area contributed by atoms with Crippen LogP contribution in [0, 0.1) is 0 Å². The zero-order valence-electron chi connectivity index (χ0n) is 15.8. The number of hydrogen-bond acceptors (Lipinski definition) is 4. The molecule has 1 aliphatic heterocycles. The summed E-state index contributed by atoms with van der Waals surface area (Å²) in [6, 6.07) is 9.80. The molecule has 1 atom stereocenters. The van der Waals surface area contributed by atoms with Crippen molar-refractivity contribution < 1.29 is 9.59 Å². The van der Waals surface area contributed by atoms with Crippen molar-refractivity contribution in [3.63, 3.8) is 0 Å². The first-order valence-electron chi connectivity index (χ1n) is 9.34. The van der Waals surface area contributed by atoms with Gasteiger partial charge in [0.05, 0.1) is 18.2 Å². The number of likely N-dealkylation sites (tertiary alicyclic amines) is 1. The van der Waals surface area contributed by atoms with Crippen molar-refractivity contribution in [1.29, 1.82) is 0 Å². The number of aromatic nitrogens is 2. The van der Waals surface area contributed by atoms with Crippen LogP contribution in [-0.2, 0) is 11.2 Å². The van der Waals surface area contributed by atoms with Crippen LogP contribution in [0.5, 0.6) is 0 Å². The van der Waals surface area contributed by atoms with Gasteiger partial charge in [0.2, 0.25) is 5.91 Å². The summed E-state index contributed by atoms with van der Waals surface area (Å²) in [6.45, 7) is 5.05. The van der Waals surface area contributed by atoms with E-state index in [0.717, 1.165) is 37.1 Å². The zero-order chi connectivity index (χ0) is 19.4. The maximum Gasteiger partial charge on any atom is 0.269 e. The lowest BCUT2D eigenvalue weighted by molar-refractivity contribution is -0.134. The number of primary amides is 1. The molecule has 2 amide bonds. The molecule has 1 aromatic heterocycles. The lowest BCUT2D eigenvalue weighted by Crippen LogP contribution is -2.39. The highest BCUT2D eigenvalue weighted by atomic mass is 32.2. The Morgan fingerprint density at radius 1 is 1.30 bits per heavy atom. The van der Waals surface area contributed by atoms with Crippen LogP contribution in [0.2, 0.25) is 0 Å². The van der Waals surface area contributed by atoms with Gasteiger partial charge in [-0.05, 0) is 43.0 Å². The second kappa shape index (κ2) is 8.61. The fourth-order valence-electron chi connectivity index (χ4n) is 3.42. The van der Waals surface area contributed by atoms with Crippen molar-refractivity contribution in [1.82, 2.24) is 15.1 Å². The largest absolute Gasteiger partial charge is 0.364 e. The smallest absolute Gasteiger partial charge is 0.269 e. The van der Waals surface area contributed by atoms with Crippen LogP contribution in [0.1, 0.15) is 60.9 Å². The standard InChI is InChI=1S/C20H26N4O2S/c1-13(2)27-15-8-6-14(7-9-15)11-19(25)24-10-4-3-5-18(24)16-12-17(20(21)26)23-22-16/h6-9,12-13,18H,3-5,10-11H2,1-2H3,(H2,21,26)(H,22,23)/t18-/m1/s1. The van der Waals surface area contributed by atoms with E-state index in [1.807, 2.05) is 28.8 Å². The third-order valence-corrected chi connectivity index (χ3v) is 5.70. The van der Waals surface area contributed by atoms with Crippen molar-refractivity contribution >= 4 is 23.6 Å². The molecule has 0 unspecified atom stereocenters. The SMILES string of the molecule is CC(C)Sc1ccc(CC(=O)N2CCCC[C@@H]2c2cc(C(N)=O)n[nH]2)cc1. The van der Waals surface area contributed by atoms with Gasteiger partial charge < -0.3 is 10.6 Å². The molecule has 2 heterocycles. The minimum absolute atomic E-state index is 0.0809. The van der Waals surface area contributed by atoms with E-state index >= 15 is 0 Å². The summed E-state index contributed by atoms with van der Waals surface area (Å²) in [7, 11) is 0. The summed E-state index contributed by atoms with van der Waals surface area (Å²) in [6.07, 6.45) is 3.26. The normalized spacial score (nSPS) is 17.3.